The van der Waals surface area contributed by atoms with E-state index in [1.165, 1.54) is 18.6 Å². The minimum absolute atomic E-state index is 0.184. The van der Waals surface area contributed by atoms with Crippen molar-refractivity contribution in [2.45, 2.75) is 6.42 Å². The fourth-order valence-electron chi connectivity index (χ4n) is 0.416. The highest BCUT2D eigenvalue weighted by molar-refractivity contribution is 5.70. The number of aliphatic carboxylic acids is 1. The maximum absolute atomic E-state index is 10.0. The van der Waals surface area contributed by atoms with Gasteiger partial charge in [-0.3, -0.25) is 4.79 Å². The first kappa shape index (κ1) is 9.49. The topological polar surface area (TPSA) is 46.5 Å². The summed E-state index contributed by atoms with van der Waals surface area (Å²) in [7, 11) is 0. The minimum atomic E-state index is -0.967. The van der Waals surface area contributed by atoms with Crippen LogP contribution in [0.25, 0.3) is 0 Å². The highest BCUT2D eigenvalue weighted by atomic mass is 16.5. The molecule has 0 fully saturated rings. The number of carbonyl (C=O) groups is 1. The third kappa shape index (κ3) is 6.37. The van der Waals surface area contributed by atoms with Crippen LogP contribution in [0, 0.1) is 6.58 Å². The molecule has 3 heteroatoms. The van der Waals surface area contributed by atoms with Crippen molar-refractivity contribution in [2.75, 3.05) is 0 Å². The monoisotopic (exact) mass is 153 g/mol. The molecular formula is C8H9O3. The van der Waals surface area contributed by atoms with Gasteiger partial charge in [0.2, 0.25) is 0 Å². The molecule has 0 unspecified atom stereocenters. The lowest BCUT2D eigenvalue weighted by molar-refractivity contribution is -0.136. The van der Waals surface area contributed by atoms with Crippen molar-refractivity contribution in [3.05, 3.63) is 37.3 Å². The van der Waals surface area contributed by atoms with E-state index in [9.17, 15) is 4.79 Å². The van der Waals surface area contributed by atoms with E-state index in [4.69, 9.17) is 11.7 Å². The van der Waals surface area contributed by atoms with Crippen LogP contribution < -0.4 is 0 Å². The third-order valence-electron chi connectivity index (χ3n) is 0.812. The highest BCUT2D eigenvalue weighted by Crippen LogP contribution is 1.98. The molecule has 1 N–H and O–H groups in total. The van der Waals surface area contributed by atoms with Crippen molar-refractivity contribution in [3.63, 3.8) is 0 Å². The predicted octanol–water partition coefficient (Wildman–Crippen LogP) is 1.49. The Labute approximate surface area is 65.3 Å². The first-order valence-electron chi connectivity index (χ1n) is 2.93. The number of carboxylic acid groups (broad SMARTS) is 1. The predicted molar refractivity (Wildman–Crippen MR) is 40.5 cm³/mol. The van der Waals surface area contributed by atoms with Crippen LogP contribution in [0.15, 0.2) is 30.8 Å². The molecule has 0 rings (SSSR count). The first-order chi connectivity index (χ1) is 5.16. The third-order valence-corrected chi connectivity index (χ3v) is 0.812. The lowest BCUT2D eigenvalue weighted by Crippen LogP contribution is -1.94. The summed E-state index contributed by atoms with van der Waals surface area (Å²) in [4.78, 5) is 10.0. The van der Waals surface area contributed by atoms with E-state index in [0.29, 0.717) is 0 Å². The lowest BCUT2D eigenvalue weighted by atomic mass is 10.2. The average molecular weight is 153 g/mol. The molecule has 0 aliphatic rings. The number of carboxylic acids is 1. The van der Waals surface area contributed by atoms with E-state index >= 15 is 0 Å². The second kappa shape index (κ2) is 5.29. The van der Waals surface area contributed by atoms with Crippen LogP contribution in [0.3, 0.4) is 0 Å². The second-order valence-electron chi connectivity index (χ2n) is 1.75. The van der Waals surface area contributed by atoms with Gasteiger partial charge in [0.05, 0.1) is 18.9 Å². The average Bonchev–Trinajstić information content (AvgIpc) is 1.86. The summed E-state index contributed by atoms with van der Waals surface area (Å²) >= 11 is 0. The van der Waals surface area contributed by atoms with Crippen molar-refractivity contribution in [3.8, 4) is 0 Å². The Balaban J connectivity index is 3.68. The Morgan fingerprint density at radius 1 is 1.73 bits per heavy atom. The lowest BCUT2D eigenvalue weighted by Gasteiger charge is -1.92. The van der Waals surface area contributed by atoms with E-state index in [0.717, 1.165) is 0 Å². The summed E-state index contributed by atoms with van der Waals surface area (Å²) in [5.41, 5.74) is 0.236. The van der Waals surface area contributed by atoms with Crippen LogP contribution in [0.1, 0.15) is 6.42 Å². The molecule has 0 aliphatic carbocycles. The fraction of sp³-hybridized carbons (Fsp3) is 0.125. The summed E-state index contributed by atoms with van der Waals surface area (Å²) in [6, 6.07) is 0. The molecule has 0 aromatic heterocycles. The molecule has 11 heavy (non-hydrogen) atoms. The molecule has 3 nitrogen and oxygen atoms in total. The molecule has 0 aromatic carbocycles. The molecule has 0 bridgehead atoms. The molecule has 59 valence electrons. The Morgan fingerprint density at radius 2 is 2.36 bits per heavy atom. The van der Waals surface area contributed by atoms with Gasteiger partial charge < -0.3 is 9.84 Å². The number of allylic oxidation sites excluding steroid dienone is 1. The molecule has 0 saturated carbocycles. The Morgan fingerprint density at radius 3 is 2.82 bits per heavy atom. The van der Waals surface area contributed by atoms with Gasteiger partial charge in [0.15, 0.2) is 0 Å². The normalized spacial score (nSPS) is 9.45. The molecule has 0 spiro atoms. The molecule has 0 aromatic rings. The summed E-state index contributed by atoms with van der Waals surface area (Å²) in [5.74, 6) is -0.967. The number of hydrogen-bond donors (Lipinski definition) is 1. The minimum Gasteiger partial charge on any atom is -0.481 e. The van der Waals surface area contributed by atoms with Gasteiger partial charge in [-0.05, 0) is 11.6 Å². The highest BCUT2D eigenvalue weighted by Gasteiger charge is 1.96. The standard InChI is InChI=1S/C8H9O3/c1-3-11-5-4-7(2)6-8(9)10/h2-5H,1,6H2,(H,9,10). The zero-order chi connectivity index (χ0) is 8.69. The second-order valence-corrected chi connectivity index (χ2v) is 1.75. The van der Waals surface area contributed by atoms with Crippen LogP contribution in [0.2, 0.25) is 0 Å². The number of rotatable bonds is 5. The quantitative estimate of drug-likeness (QED) is 0.480. The van der Waals surface area contributed by atoms with Crippen molar-refractivity contribution in [1.29, 1.82) is 0 Å². The molecule has 0 heterocycles. The van der Waals surface area contributed by atoms with Crippen LogP contribution in [-0.2, 0) is 9.53 Å². The van der Waals surface area contributed by atoms with Gasteiger partial charge in [-0.2, -0.15) is 0 Å². The van der Waals surface area contributed by atoms with Crippen LogP contribution in [0.5, 0.6) is 0 Å². The van der Waals surface area contributed by atoms with Crippen molar-refractivity contribution in [1.82, 2.24) is 0 Å². The molecule has 0 aliphatic heterocycles. The van der Waals surface area contributed by atoms with Gasteiger partial charge in [0.1, 0.15) is 0 Å². The summed E-state index contributed by atoms with van der Waals surface area (Å²) < 4.78 is 4.58. The van der Waals surface area contributed by atoms with E-state index < -0.39 is 5.97 Å². The summed E-state index contributed by atoms with van der Waals surface area (Å²) in [6.07, 6.45) is 3.67. The maximum atomic E-state index is 10.0. The molecule has 0 atom stereocenters. The first-order valence-corrected chi connectivity index (χ1v) is 2.93. The van der Waals surface area contributed by atoms with Gasteiger partial charge >= 0.3 is 5.97 Å². The van der Waals surface area contributed by atoms with Crippen molar-refractivity contribution in [2.24, 2.45) is 0 Å². The van der Waals surface area contributed by atoms with Gasteiger partial charge in [0.25, 0.3) is 0 Å². The molecular weight excluding hydrogens is 144 g/mol. The zero-order valence-electron chi connectivity index (χ0n) is 5.99. The van der Waals surface area contributed by atoms with Crippen LogP contribution >= 0.6 is 0 Å². The van der Waals surface area contributed by atoms with Gasteiger partial charge in [-0.25, -0.2) is 0 Å². The SMILES string of the molecule is [CH]=C(C=COC=C)CC(=O)O. The fourth-order valence-corrected chi connectivity index (χ4v) is 0.416. The summed E-state index contributed by atoms with van der Waals surface area (Å²) in [5, 5.41) is 8.24. The van der Waals surface area contributed by atoms with Crippen molar-refractivity contribution >= 4 is 5.97 Å². The van der Waals surface area contributed by atoms with Gasteiger partial charge in [-0.15, -0.1) is 0 Å². The Kier molecular flexibility index (Phi) is 4.56. The smallest absolute Gasteiger partial charge is 0.307 e. The van der Waals surface area contributed by atoms with E-state index in [2.05, 4.69) is 11.3 Å². The molecule has 0 amide bonds. The van der Waals surface area contributed by atoms with Gasteiger partial charge in [-0.1, -0.05) is 13.2 Å². The maximum Gasteiger partial charge on any atom is 0.307 e. The van der Waals surface area contributed by atoms with Crippen LogP contribution in [-0.4, -0.2) is 11.1 Å². The van der Waals surface area contributed by atoms with E-state index in [1.807, 2.05) is 0 Å². The largest absolute Gasteiger partial charge is 0.481 e. The van der Waals surface area contributed by atoms with Crippen LogP contribution in [0.4, 0.5) is 0 Å². The Hall–Kier alpha value is -1.51. The molecule has 1 radical (unpaired) electrons. The van der Waals surface area contributed by atoms with E-state index in [1.54, 1.807) is 0 Å². The van der Waals surface area contributed by atoms with Crippen molar-refractivity contribution < 1.29 is 14.6 Å². The zero-order valence-corrected chi connectivity index (χ0v) is 5.99. The molecule has 0 saturated heterocycles. The summed E-state index contributed by atoms with van der Waals surface area (Å²) in [6.45, 7) is 8.53. The number of ether oxygens (including phenoxy) is 1. The number of hydrogen-bond acceptors (Lipinski definition) is 2. The Bertz CT molecular complexity index is 192. The van der Waals surface area contributed by atoms with Gasteiger partial charge in [0, 0.05) is 0 Å². The van der Waals surface area contributed by atoms with E-state index in [-0.39, 0.29) is 12.0 Å².